The summed E-state index contributed by atoms with van der Waals surface area (Å²) in [4.78, 5) is 24.2. The van der Waals surface area contributed by atoms with E-state index in [0.717, 1.165) is 30.7 Å². The predicted molar refractivity (Wildman–Crippen MR) is 76.2 cm³/mol. The van der Waals surface area contributed by atoms with Gasteiger partial charge in [0.1, 0.15) is 5.75 Å². The van der Waals surface area contributed by atoms with Crippen LogP contribution >= 0.6 is 0 Å². The number of amides is 2. The first-order chi connectivity index (χ1) is 9.66. The number of likely N-dealkylation sites (tertiary alicyclic amines) is 1. The van der Waals surface area contributed by atoms with Crippen molar-refractivity contribution in [3.8, 4) is 5.75 Å². The predicted octanol–water partition coefficient (Wildman–Crippen LogP) is 1.97. The van der Waals surface area contributed by atoms with Crippen molar-refractivity contribution in [1.82, 2.24) is 4.90 Å². The summed E-state index contributed by atoms with van der Waals surface area (Å²) in [7, 11) is 0. The van der Waals surface area contributed by atoms with E-state index in [9.17, 15) is 9.59 Å². The van der Waals surface area contributed by atoms with E-state index >= 15 is 0 Å². The van der Waals surface area contributed by atoms with Gasteiger partial charge in [-0.3, -0.25) is 14.5 Å². The molecule has 1 aromatic rings. The van der Waals surface area contributed by atoms with Crippen molar-refractivity contribution in [1.29, 1.82) is 0 Å². The van der Waals surface area contributed by atoms with Gasteiger partial charge < -0.3 is 10.5 Å². The topological polar surface area (TPSA) is 72.6 Å². The number of unbranched alkanes of at least 4 members (excludes halogenated alkanes) is 2. The van der Waals surface area contributed by atoms with E-state index < -0.39 is 0 Å². The molecule has 0 saturated carbocycles. The molecule has 1 aliphatic rings. The number of nitrogens with two attached hydrogens (primary N) is 1. The van der Waals surface area contributed by atoms with E-state index in [2.05, 4.69) is 0 Å². The van der Waals surface area contributed by atoms with Crippen LogP contribution in [0, 0.1) is 0 Å². The Hall–Kier alpha value is -2.04. The Morgan fingerprint density at radius 1 is 1.00 bits per heavy atom. The highest BCUT2D eigenvalue weighted by Gasteiger charge is 2.27. The normalized spacial score (nSPS) is 14.9. The van der Waals surface area contributed by atoms with Gasteiger partial charge >= 0.3 is 0 Å². The summed E-state index contributed by atoms with van der Waals surface area (Å²) >= 11 is 0. The maximum absolute atomic E-state index is 11.4. The summed E-state index contributed by atoms with van der Waals surface area (Å²) < 4.78 is 5.57. The molecule has 0 unspecified atom stereocenters. The van der Waals surface area contributed by atoms with Crippen LogP contribution in [-0.2, 0) is 9.59 Å². The van der Waals surface area contributed by atoms with Crippen molar-refractivity contribution in [2.75, 3.05) is 18.9 Å². The van der Waals surface area contributed by atoms with Gasteiger partial charge in [0.25, 0.3) is 0 Å². The van der Waals surface area contributed by atoms with E-state index in [1.807, 2.05) is 12.1 Å². The van der Waals surface area contributed by atoms with E-state index in [0.29, 0.717) is 26.0 Å². The van der Waals surface area contributed by atoms with Crippen LogP contribution in [0.2, 0.25) is 0 Å². The third kappa shape index (κ3) is 3.98. The maximum atomic E-state index is 11.4. The maximum Gasteiger partial charge on any atom is 0.229 e. The van der Waals surface area contributed by atoms with Crippen molar-refractivity contribution < 1.29 is 14.3 Å². The zero-order valence-corrected chi connectivity index (χ0v) is 11.5. The number of rotatable bonds is 7. The van der Waals surface area contributed by atoms with Gasteiger partial charge in [0.2, 0.25) is 11.8 Å². The van der Waals surface area contributed by atoms with Crippen LogP contribution in [0.1, 0.15) is 32.1 Å². The molecule has 0 bridgehead atoms. The van der Waals surface area contributed by atoms with Crippen molar-refractivity contribution >= 4 is 17.5 Å². The molecular formula is C15H20N2O3. The van der Waals surface area contributed by atoms with Gasteiger partial charge in [0.15, 0.2) is 0 Å². The lowest BCUT2D eigenvalue weighted by atomic mass is 10.2. The number of carbonyl (C=O) groups is 2. The van der Waals surface area contributed by atoms with Crippen LogP contribution in [0.3, 0.4) is 0 Å². The first-order valence-corrected chi connectivity index (χ1v) is 6.98. The Balaban J connectivity index is 1.57. The van der Waals surface area contributed by atoms with Gasteiger partial charge in [-0.15, -0.1) is 0 Å². The van der Waals surface area contributed by atoms with Crippen LogP contribution in [0.15, 0.2) is 24.3 Å². The Labute approximate surface area is 118 Å². The molecule has 0 radical (unpaired) electrons. The van der Waals surface area contributed by atoms with Gasteiger partial charge in [0, 0.05) is 25.1 Å². The molecule has 0 spiro atoms. The summed E-state index contributed by atoms with van der Waals surface area (Å²) in [6.45, 7) is 1.17. The number of hydrogen-bond acceptors (Lipinski definition) is 4. The van der Waals surface area contributed by atoms with E-state index in [1.54, 1.807) is 12.1 Å². The molecule has 20 heavy (non-hydrogen) atoms. The lowest BCUT2D eigenvalue weighted by Gasteiger charge is -2.13. The third-order valence-corrected chi connectivity index (χ3v) is 3.33. The molecule has 0 aromatic heterocycles. The van der Waals surface area contributed by atoms with Gasteiger partial charge in [-0.1, -0.05) is 0 Å². The highest BCUT2D eigenvalue weighted by molar-refractivity contribution is 6.01. The molecule has 2 rings (SSSR count). The summed E-state index contributed by atoms with van der Waals surface area (Å²) in [5.74, 6) is 0.741. The molecule has 1 heterocycles. The molecule has 2 N–H and O–H groups in total. The Morgan fingerprint density at radius 2 is 1.65 bits per heavy atom. The van der Waals surface area contributed by atoms with Crippen LogP contribution in [0.5, 0.6) is 5.75 Å². The Bertz CT molecular complexity index is 455. The van der Waals surface area contributed by atoms with Gasteiger partial charge in [-0.2, -0.15) is 0 Å². The number of nitrogens with zero attached hydrogens (tertiary/aromatic N) is 1. The van der Waals surface area contributed by atoms with Gasteiger partial charge in [0.05, 0.1) is 6.61 Å². The summed E-state index contributed by atoms with van der Waals surface area (Å²) in [6, 6.07) is 7.30. The second kappa shape index (κ2) is 6.93. The Kier molecular flexibility index (Phi) is 4.98. The lowest BCUT2D eigenvalue weighted by Crippen LogP contribution is -2.29. The number of hydrogen-bond donors (Lipinski definition) is 1. The number of benzene rings is 1. The summed E-state index contributed by atoms with van der Waals surface area (Å²) in [5, 5.41) is 0. The first-order valence-electron chi connectivity index (χ1n) is 6.98. The number of anilines is 1. The molecule has 2 amide bonds. The average Bonchev–Trinajstić information content (AvgIpc) is 2.76. The van der Waals surface area contributed by atoms with Crippen LogP contribution in [0.4, 0.5) is 5.69 Å². The molecule has 0 aliphatic carbocycles. The largest absolute Gasteiger partial charge is 0.494 e. The van der Waals surface area contributed by atoms with Crippen molar-refractivity contribution in [3.63, 3.8) is 0 Å². The summed E-state index contributed by atoms with van der Waals surface area (Å²) in [5.41, 5.74) is 6.31. The smallest absolute Gasteiger partial charge is 0.229 e. The minimum absolute atomic E-state index is 0.0341. The van der Waals surface area contributed by atoms with E-state index in [-0.39, 0.29) is 11.8 Å². The monoisotopic (exact) mass is 276 g/mol. The van der Waals surface area contributed by atoms with Crippen molar-refractivity contribution in [2.45, 2.75) is 32.1 Å². The van der Waals surface area contributed by atoms with Gasteiger partial charge in [-0.25, -0.2) is 0 Å². The molecule has 1 aromatic carbocycles. The molecule has 1 aliphatic heterocycles. The minimum Gasteiger partial charge on any atom is -0.494 e. The lowest BCUT2D eigenvalue weighted by molar-refractivity contribution is -0.138. The zero-order chi connectivity index (χ0) is 14.4. The van der Waals surface area contributed by atoms with Gasteiger partial charge in [-0.05, 0) is 43.5 Å². The molecular weight excluding hydrogens is 256 g/mol. The second-order valence-electron chi connectivity index (χ2n) is 4.92. The number of carbonyl (C=O) groups excluding carboxylic acids is 2. The fourth-order valence-electron chi connectivity index (χ4n) is 2.18. The molecule has 1 fully saturated rings. The van der Waals surface area contributed by atoms with Crippen molar-refractivity contribution in [2.24, 2.45) is 0 Å². The fourth-order valence-corrected chi connectivity index (χ4v) is 2.18. The SMILES string of the molecule is Nc1ccc(OCCCCCN2C(=O)CCC2=O)cc1. The van der Waals surface area contributed by atoms with Crippen LogP contribution < -0.4 is 10.5 Å². The Morgan fingerprint density at radius 3 is 2.30 bits per heavy atom. The first kappa shape index (κ1) is 14.4. The summed E-state index contributed by atoms with van der Waals surface area (Å²) in [6.07, 6.45) is 3.42. The minimum atomic E-state index is -0.0341. The van der Waals surface area contributed by atoms with E-state index in [4.69, 9.17) is 10.5 Å². The number of imide groups is 1. The molecule has 1 saturated heterocycles. The number of nitrogen functional groups attached to an aromatic ring is 1. The highest BCUT2D eigenvalue weighted by atomic mass is 16.5. The van der Waals surface area contributed by atoms with E-state index in [1.165, 1.54) is 4.90 Å². The fraction of sp³-hybridized carbons (Fsp3) is 0.467. The molecule has 5 nitrogen and oxygen atoms in total. The number of ether oxygens (including phenoxy) is 1. The molecule has 5 heteroatoms. The average molecular weight is 276 g/mol. The van der Waals surface area contributed by atoms with Crippen molar-refractivity contribution in [3.05, 3.63) is 24.3 Å². The van der Waals surface area contributed by atoms with Crippen LogP contribution in [0.25, 0.3) is 0 Å². The second-order valence-corrected chi connectivity index (χ2v) is 4.92. The standard InChI is InChI=1S/C15H20N2O3/c16-12-4-6-13(7-5-12)20-11-3-1-2-10-17-14(18)8-9-15(17)19/h4-7H,1-3,8-11,16H2. The third-order valence-electron chi connectivity index (χ3n) is 3.33. The highest BCUT2D eigenvalue weighted by Crippen LogP contribution is 2.15. The molecule has 108 valence electrons. The molecule has 0 atom stereocenters. The quantitative estimate of drug-likeness (QED) is 0.469. The van der Waals surface area contributed by atoms with Crippen LogP contribution in [-0.4, -0.2) is 29.9 Å². The zero-order valence-electron chi connectivity index (χ0n) is 11.5.